The molecule has 0 aromatic rings. The molecule has 0 atom stereocenters. The smallest absolute Gasteiger partial charge is 0.306 e. The number of carbonyl (C=O) groups excluding carboxylic acids is 3. The van der Waals surface area contributed by atoms with Crippen LogP contribution in [0, 0.1) is 0 Å². The van der Waals surface area contributed by atoms with Gasteiger partial charge in [-0.3, -0.25) is 9.59 Å². The van der Waals surface area contributed by atoms with Crippen molar-refractivity contribution in [3.8, 4) is 0 Å². The monoisotopic (exact) mass is 528 g/mol. The SMILES string of the molecule is CCCCCCCC(CCCCCCC)OC(=O)CCCN(CCCC=O)C(=O)SCCCN(C)C. The van der Waals surface area contributed by atoms with Crippen LogP contribution in [0.15, 0.2) is 0 Å². The second kappa shape index (κ2) is 25.6. The molecule has 6 nitrogen and oxygen atoms in total. The third kappa shape index (κ3) is 22.1. The lowest BCUT2D eigenvalue weighted by Crippen LogP contribution is -2.31. The van der Waals surface area contributed by atoms with Crippen molar-refractivity contribution in [2.45, 2.75) is 129 Å². The highest BCUT2D eigenvalue weighted by atomic mass is 32.2. The maximum absolute atomic E-state index is 12.7. The number of hydrogen-bond acceptors (Lipinski definition) is 6. The zero-order valence-electron chi connectivity index (χ0n) is 23.9. The van der Waals surface area contributed by atoms with E-state index < -0.39 is 0 Å². The predicted octanol–water partition coefficient (Wildman–Crippen LogP) is 7.49. The highest BCUT2D eigenvalue weighted by Crippen LogP contribution is 2.18. The van der Waals surface area contributed by atoms with E-state index in [4.69, 9.17) is 4.74 Å². The number of amides is 1. The van der Waals surface area contributed by atoms with Crippen LogP contribution in [0.25, 0.3) is 0 Å². The Bertz CT molecular complexity index is 531. The molecule has 0 saturated carbocycles. The van der Waals surface area contributed by atoms with Gasteiger partial charge in [-0.05, 0) is 65.6 Å². The van der Waals surface area contributed by atoms with Crippen molar-refractivity contribution in [2.24, 2.45) is 0 Å². The quantitative estimate of drug-likeness (QED) is 0.0695. The number of carbonyl (C=O) groups is 3. The van der Waals surface area contributed by atoms with E-state index in [1.165, 1.54) is 63.1 Å². The minimum atomic E-state index is -0.138. The highest BCUT2D eigenvalue weighted by molar-refractivity contribution is 8.13. The van der Waals surface area contributed by atoms with Crippen LogP contribution in [0.2, 0.25) is 0 Å². The standard InChI is InChI=1S/C29H56N2O4S/c1-5-7-9-11-13-19-27(20-14-12-10-8-6-2)35-28(33)21-17-24-31(23-15-16-25-32)29(34)36-26-18-22-30(3)4/h25,27H,5-24,26H2,1-4H3. The summed E-state index contributed by atoms with van der Waals surface area (Å²) in [5, 5.41) is 0.0463. The Morgan fingerprint density at radius 1 is 0.778 bits per heavy atom. The summed E-state index contributed by atoms with van der Waals surface area (Å²) in [4.78, 5) is 40.0. The van der Waals surface area contributed by atoms with Gasteiger partial charge < -0.3 is 19.3 Å². The van der Waals surface area contributed by atoms with Crippen molar-refractivity contribution in [3.63, 3.8) is 0 Å². The summed E-state index contributed by atoms with van der Waals surface area (Å²) < 4.78 is 5.91. The van der Waals surface area contributed by atoms with Crippen molar-refractivity contribution in [1.29, 1.82) is 0 Å². The molecule has 0 unspecified atom stereocenters. The Hall–Kier alpha value is -1.08. The van der Waals surface area contributed by atoms with Crippen LogP contribution in [-0.2, 0) is 14.3 Å². The number of nitrogens with zero attached hydrogens (tertiary/aromatic N) is 2. The van der Waals surface area contributed by atoms with Gasteiger partial charge in [0.1, 0.15) is 12.4 Å². The predicted molar refractivity (Wildman–Crippen MR) is 154 cm³/mol. The third-order valence-corrected chi connectivity index (χ3v) is 7.35. The van der Waals surface area contributed by atoms with Crippen LogP contribution in [0.5, 0.6) is 0 Å². The fourth-order valence-corrected chi connectivity index (χ4v) is 4.98. The largest absolute Gasteiger partial charge is 0.462 e. The van der Waals surface area contributed by atoms with Crippen molar-refractivity contribution in [1.82, 2.24) is 9.80 Å². The minimum absolute atomic E-state index is 0.0262. The summed E-state index contributed by atoms with van der Waals surface area (Å²) in [6.45, 7) is 6.50. The summed E-state index contributed by atoms with van der Waals surface area (Å²) in [5.41, 5.74) is 0. The van der Waals surface area contributed by atoms with Gasteiger partial charge in [0.25, 0.3) is 5.24 Å². The lowest BCUT2D eigenvalue weighted by Gasteiger charge is -2.22. The van der Waals surface area contributed by atoms with Crippen molar-refractivity contribution >= 4 is 29.3 Å². The Kier molecular flexibility index (Phi) is 24.8. The van der Waals surface area contributed by atoms with E-state index in [-0.39, 0.29) is 17.3 Å². The van der Waals surface area contributed by atoms with E-state index in [2.05, 4.69) is 18.7 Å². The van der Waals surface area contributed by atoms with Crippen molar-refractivity contribution in [2.75, 3.05) is 39.5 Å². The molecular formula is C29H56N2O4S. The average molecular weight is 529 g/mol. The Morgan fingerprint density at radius 3 is 1.92 bits per heavy atom. The second-order valence-corrected chi connectivity index (χ2v) is 11.2. The second-order valence-electron chi connectivity index (χ2n) is 10.2. The van der Waals surface area contributed by atoms with E-state index in [1.54, 1.807) is 4.90 Å². The summed E-state index contributed by atoms with van der Waals surface area (Å²) in [5.74, 6) is 0.641. The van der Waals surface area contributed by atoms with Gasteiger partial charge >= 0.3 is 5.97 Å². The van der Waals surface area contributed by atoms with Gasteiger partial charge in [0, 0.05) is 31.7 Å². The van der Waals surface area contributed by atoms with Gasteiger partial charge in [-0.25, -0.2) is 0 Å². The van der Waals surface area contributed by atoms with Crippen LogP contribution >= 0.6 is 11.8 Å². The number of esters is 1. The molecule has 0 aromatic carbocycles. The topological polar surface area (TPSA) is 66.9 Å². The average Bonchev–Trinajstić information content (AvgIpc) is 2.85. The highest BCUT2D eigenvalue weighted by Gasteiger charge is 2.17. The van der Waals surface area contributed by atoms with Gasteiger partial charge in [0.2, 0.25) is 0 Å². The van der Waals surface area contributed by atoms with Crippen molar-refractivity contribution in [3.05, 3.63) is 0 Å². The maximum atomic E-state index is 12.7. The lowest BCUT2D eigenvalue weighted by atomic mass is 10.0. The molecule has 0 aromatic heterocycles. The number of rotatable bonds is 25. The summed E-state index contributed by atoms with van der Waals surface area (Å²) in [6, 6.07) is 0. The molecule has 0 aliphatic rings. The van der Waals surface area contributed by atoms with Gasteiger partial charge in [-0.15, -0.1) is 0 Å². The molecule has 0 radical (unpaired) electrons. The minimum Gasteiger partial charge on any atom is -0.462 e. The number of hydrogen-bond donors (Lipinski definition) is 0. The molecule has 0 saturated heterocycles. The third-order valence-electron chi connectivity index (χ3n) is 6.35. The maximum Gasteiger partial charge on any atom is 0.306 e. The molecular weight excluding hydrogens is 472 g/mol. The molecule has 0 aliphatic heterocycles. The molecule has 7 heteroatoms. The van der Waals surface area contributed by atoms with Crippen LogP contribution in [0.3, 0.4) is 0 Å². The zero-order valence-corrected chi connectivity index (χ0v) is 24.8. The molecule has 212 valence electrons. The molecule has 0 fully saturated rings. The zero-order chi connectivity index (χ0) is 26.9. The van der Waals surface area contributed by atoms with Crippen LogP contribution in [0.1, 0.15) is 123 Å². The van der Waals surface area contributed by atoms with Crippen molar-refractivity contribution < 1.29 is 19.1 Å². The number of unbranched alkanes of at least 4 members (excludes halogenated alkanes) is 9. The van der Waals surface area contributed by atoms with Gasteiger partial charge in [0.05, 0.1) is 0 Å². The van der Waals surface area contributed by atoms with E-state index in [0.29, 0.717) is 38.8 Å². The first kappa shape index (κ1) is 34.9. The van der Waals surface area contributed by atoms with E-state index >= 15 is 0 Å². The van der Waals surface area contributed by atoms with Crippen LogP contribution in [0.4, 0.5) is 4.79 Å². The molecule has 1 amide bonds. The Labute approximate surface area is 226 Å². The van der Waals surface area contributed by atoms with Crippen LogP contribution in [-0.4, -0.2) is 72.9 Å². The number of aldehydes is 1. The first-order valence-electron chi connectivity index (χ1n) is 14.6. The Balaban J connectivity index is 4.55. The molecule has 0 aliphatic carbocycles. The van der Waals surface area contributed by atoms with E-state index in [1.807, 2.05) is 14.1 Å². The number of ether oxygens (including phenoxy) is 1. The van der Waals surface area contributed by atoms with E-state index in [9.17, 15) is 14.4 Å². The van der Waals surface area contributed by atoms with Crippen LogP contribution < -0.4 is 0 Å². The van der Waals surface area contributed by atoms with Gasteiger partial charge in [-0.1, -0.05) is 77.0 Å². The molecule has 0 rings (SSSR count). The Morgan fingerprint density at radius 2 is 1.36 bits per heavy atom. The fourth-order valence-electron chi connectivity index (χ4n) is 4.16. The lowest BCUT2D eigenvalue weighted by molar-refractivity contribution is -0.150. The summed E-state index contributed by atoms with van der Waals surface area (Å²) in [6.07, 6.45) is 18.1. The first-order chi connectivity index (χ1) is 17.4. The normalized spacial score (nSPS) is 11.3. The summed E-state index contributed by atoms with van der Waals surface area (Å²) >= 11 is 1.34. The number of thioether (sulfide) groups is 1. The molecule has 0 N–H and O–H groups in total. The molecule has 36 heavy (non-hydrogen) atoms. The van der Waals surface area contributed by atoms with E-state index in [0.717, 1.165) is 50.7 Å². The van der Waals surface area contributed by atoms with Gasteiger partial charge in [-0.2, -0.15) is 0 Å². The molecule has 0 spiro atoms. The molecule has 0 bridgehead atoms. The molecule has 0 heterocycles. The fraction of sp³-hybridized carbons (Fsp3) is 0.897. The summed E-state index contributed by atoms with van der Waals surface area (Å²) in [7, 11) is 4.06. The first-order valence-corrected chi connectivity index (χ1v) is 15.6. The van der Waals surface area contributed by atoms with Gasteiger partial charge in [0.15, 0.2) is 0 Å².